The highest BCUT2D eigenvalue weighted by atomic mass is 33.1. The van der Waals surface area contributed by atoms with E-state index in [2.05, 4.69) is 35.6 Å². The van der Waals surface area contributed by atoms with E-state index in [-0.39, 0.29) is 5.91 Å². The summed E-state index contributed by atoms with van der Waals surface area (Å²) in [7, 11) is 3.04. The van der Waals surface area contributed by atoms with Crippen molar-refractivity contribution >= 4 is 44.2 Å². The molecule has 2 rings (SSSR count). The van der Waals surface area contributed by atoms with Gasteiger partial charge < -0.3 is 10.4 Å². The number of carboxylic acid groups (broad SMARTS) is 1. The van der Waals surface area contributed by atoms with E-state index in [1.54, 1.807) is 10.8 Å². The third-order valence-corrected chi connectivity index (χ3v) is 5.38. The number of carbonyl (C=O) groups is 2. The Morgan fingerprint density at radius 2 is 1.86 bits per heavy atom. The minimum Gasteiger partial charge on any atom is -0.480 e. The summed E-state index contributed by atoms with van der Waals surface area (Å²) in [6, 6.07) is 13.7. The normalized spacial score (nSPS) is 12.0. The molecule has 2 aromatic rings. The number of nitrogens with one attached hydrogen (secondary N) is 1. The molecule has 0 aliphatic carbocycles. The van der Waals surface area contributed by atoms with Crippen molar-refractivity contribution in [2.24, 2.45) is 0 Å². The lowest BCUT2D eigenvalue weighted by atomic mass is 10.1. The highest BCUT2D eigenvalue weighted by Crippen LogP contribution is 2.28. The molecule has 4 nitrogen and oxygen atoms in total. The molecule has 0 saturated carbocycles. The van der Waals surface area contributed by atoms with Crippen LogP contribution in [-0.2, 0) is 15.3 Å². The van der Waals surface area contributed by atoms with Crippen molar-refractivity contribution in [1.82, 2.24) is 5.32 Å². The number of carboxylic acids is 1. The molecule has 2 aromatic carbocycles. The number of amides is 1. The number of benzene rings is 2. The van der Waals surface area contributed by atoms with Crippen LogP contribution in [-0.4, -0.2) is 28.8 Å². The third kappa shape index (κ3) is 4.96. The number of fused-ring (bicyclic) bond motifs is 1. The second-order valence-corrected chi connectivity index (χ2v) is 7.33. The van der Waals surface area contributed by atoms with Gasteiger partial charge in [0, 0.05) is 18.4 Å². The fraction of sp³-hybridized carbons (Fsp3) is 0.250. The topological polar surface area (TPSA) is 66.4 Å². The van der Waals surface area contributed by atoms with Crippen LogP contribution in [0.4, 0.5) is 0 Å². The number of carbonyl (C=O) groups excluding carboxylic acids is 1. The lowest BCUT2D eigenvalue weighted by Crippen LogP contribution is -2.41. The third-order valence-electron chi connectivity index (χ3n) is 3.03. The zero-order valence-electron chi connectivity index (χ0n) is 12.1. The van der Waals surface area contributed by atoms with Crippen molar-refractivity contribution in [1.29, 1.82) is 0 Å². The Balaban J connectivity index is 1.84. The second kappa shape index (κ2) is 8.10. The van der Waals surface area contributed by atoms with Crippen molar-refractivity contribution in [3.05, 3.63) is 48.0 Å². The molecule has 0 spiro atoms. The van der Waals surface area contributed by atoms with E-state index >= 15 is 0 Å². The van der Waals surface area contributed by atoms with Gasteiger partial charge in [0.2, 0.25) is 5.91 Å². The molecular formula is C16H17NO3S2. The predicted molar refractivity (Wildman–Crippen MR) is 92.9 cm³/mol. The summed E-state index contributed by atoms with van der Waals surface area (Å²) in [5.41, 5.74) is 1.20. The zero-order chi connectivity index (χ0) is 15.9. The van der Waals surface area contributed by atoms with Gasteiger partial charge in [0.15, 0.2) is 0 Å². The maximum atomic E-state index is 11.0. The Morgan fingerprint density at radius 1 is 1.14 bits per heavy atom. The minimum absolute atomic E-state index is 0.326. The lowest BCUT2D eigenvalue weighted by Gasteiger charge is -2.12. The molecule has 22 heavy (non-hydrogen) atoms. The van der Waals surface area contributed by atoms with Crippen molar-refractivity contribution in [3.63, 3.8) is 0 Å². The Bertz CT molecular complexity index is 675. The van der Waals surface area contributed by atoms with Crippen LogP contribution in [0.3, 0.4) is 0 Å². The minimum atomic E-state index is -1.01. The van der Waals surface area contributed by atoms with E-state index in [1.807, 2.05) is 12.1 Å². The van der Waals surface area contributed by atoms with Gasteiger partial charge in [-0.15, -0.1) is 0 Å². The van der Waals surface area contributed by atoms with Crippen molar-refractivity contribution in [2.45, 2.75) is 18.7 Å². The lowest BCUT2D eigenvalue weighted by molar-refractivity contribution is -0.140. The predicted octanol–water partition coefficient (Wildman–Crippen LogP) is 3.31. The molecule has 0 aliphatic rings. The van der Waals surface area contributed by atoms with Crippen LogP contribution in [0.25, 0.3) is 10.8 Å². The average molecular weight is 335 g/mol. The summed E-state index contributed by atoms with van der Waals surface area (Å²) in [6.07, 6.45) is 0. The fourth-order valence-corrected chi connectivity index (χ4v) is 4.19. The standard InChI is InChI=1S/C16H17NO3S2/c1-11(18)17-15(16(19)20)10-22-21-9-12-6-7-13-4-2-3-5-14(13)8-12/h2-8,15H,9-10H2,1H3,(H,17,18)(H,19,20)/t15-/m0/s1. The highest BCUT2D eigenvalue weighted by molar-refractivity contribution is 8.76. The molecule has 6 heteroatoms. The molecule has 1 atom stereocenters. The van der Waals surface area contributed by atoms with Crippen LogP contribution < -0.4 is 5.32 Å². The van der Waals surface area contributed by atoms with Gasteiger partial charge in [0.25, 0.3) is 0 Å². The monoisotopic (exact) mass is 335 g/mol. The molecule has 0 saturated heterocycles. The van der Waals surface area contributed by atoms with Gasteiger partial charge >= 0.3 is 5.97 Å². The molecule has 0 aliphatic heterocycles. The smallest absolute Gasteiger partial charge is 0.327 e. The second-order valence-electron chi connectivity index (χ2n) is 4.82. The molecule has 0 unspecified atom stereocenters. The molecule has 0 fully saturated rings. The Hall–Kier alpha value is -1.66. The first-order valence-corrected chi connectivity index (χ1v) is 9.27. The first kappa shape index (κ1) is 16.7. The molecule has 0 heterocycles. The van der Waals surface area contributed by atoms with Crippen molar-refractivity contribution < 1.29 is 14.7 Å². The van der Waals surface area contributed by atoms with E-state index in [4.69, 9.17) is 5.11 Å². The summed E-state index contributed by atoms with van der Waals surface area (Å²) in [5, 5.41) is 13.9. The molecule has 0 bridgehead atoms. The van der Waals surface area contributed by atoms with Gasteiger partial charge in [-0.05, 0) is 16.3 Å². The van der Waals surface area contributed by atoms with Gasteiger partial charge in [-0.25, -0.2) is 4.79 Å². The molecular weight excluding hydrogens is 318 g/mol. The SMILES string of the molecule is CC(=O)N[C@@H](CSSCc1ccc2ccccc2c1)C(=O)O. The Morgan fingerprint density at radius 3 is 2.55 bits per heavy atom. The van der Waals surface area contributed by atoms with Crippen LogP contribution in [0.1, 0.15) is 12.5 Å². The number of hydrogen-bond acceptors (Lipinski definition) is 4. The van der Waals surface area contributed by atoms with E-state index < -0.39 is 12.0 Å². The summed E-state index contributed by atoms with van der Waals surface area (Å²) in [4.78, 5) is 22.0. The van der Waals surface area contributed by atoms with E-state index in [9.17, 15) is 9.59 Å². The molecule has 2 N–H and O–H groups in total. The maximum absolute atomic E-state index is 11.0. The van der Waals surface area contributed by atoms with Crippen LogP contribution >= 0.6 is 21.6 Å². The van der Waals surface area contributed by atoms with E-state index in [0.29, 0.717) is 5.75 Å². The highest BCUT2D eigenvalue weighted by Gasteiger charge is 2.18. The van der Waals surface area contributed by atoms with Crippen LogP contribution in [0.5, 0.6) is 0 Å². The van der Waals surface area contributed by atoms with Crippen LogP contribution in [0.15, 0.2) is 42.5 Å². The largest absolute Gasteiger partial charge is 0.480 e. The van der Waals surface area contributed by atoms with E-state index in [0.717, 1.165) is 5.75 Å². The summed E-state index contributed by atoms with van der Waals surface area (Å²) in [5.74, 6) is -0.198. The molecule has 0 aromatic heterocycles. The quantitative estimate of drug-likeness (QED) is 0.600. The maximum Gasteiger partial charge on any atom is 0.327 e. The summed E-state index contributed by atoms with van der Waals surface area (Å²) in [6.45, 7) is 1.32. The average Bonchev–Trinajstić information content (AvgIpc) is 2.49. The summed E-state index contributed by atoms with van der Waals surface area (Å²) >= 11 is 0. The van der Waals surface area contributed by atoms with Crippen LogP contribution in [0.2, 0.25) is 0 Å². The molecule has 1 amide bonds. The number of hydrogen-bond donors (Lipinski definition) is 2. The first-order valence-electron chi connectivity index (χ1n) is 6.78. The zero-order valence-corrected chi connectivity index (χ0v) is 13.7. The number of aliphatic carboxylic acids is 1. The molecule has 0 radical (unpaired) electrons. The first-order chi connectivity index (χ1) is 10.6. The van der Waals surface area contributed by atoms with Crippen molar-refractivity contribution in [2.75, 3.05) is 5.75 Å². The van der Waals surface area contributed by atoms with Gasteiger partial charge in [-0.2, -0.15) is 0 Å². The summed E-state index contributed by atoms with van der Waals surface area (Å²) < 4.78 is 0. The van der Waals surface area contributed by atoms with Gasteiger partial charge in [-0.1, -0.05) is 64.1 Å². The fourth-order valence-electron chi connectivity index (χ4n) is 1.97. The molecule has 116 valence electrons. The van der Waals surface area contributed by atoms with E-state index in [1.165, 1.54) is 34.1 Å². The van der Waals surface area contributed by atoms with Crippen LogP contribution in [0, 0.1) is 0 Å². The Labute approximate surface area is 137 Å². The Kier molecular flexibility index (Phi) is 6.15. The van der Waals surface area contributed by atoms with Gasteiger partial charge in [-0.3, -0.25) is 4.79 Å². The van der Waals surface area contributed by atoms with Gasteiger partial charge in [0.1, 0.15) is 6.04 Å². The van der Waals surface area contributed by atoms with Crippen molar-refractivity contribution in [3.8, 4) is 0 Å². The number of rotatable bonds is 7. The van der Waals surface area contributed by atoms with Gasteiger partial charge in [0.05, 0.1) is 0 Å².